The summed E-state index contributed by atoms with van der Waals surface area (Å²) in [6.45, 7) is 0. The lowest BCUT2D eigenvalue weighted by atomic mass is 10.2. The number of carbonyl (C=O) groups is 1. The number of benzene rings is 3. The molecule has 3 aromatic rings. The van der Waals surface area contributed by atoms with Crippen molar-refractivity contribution in [1.82, 2.24) is 0 Å². The molecule has 0 aliphatic rings. The number of anilines is 2. The van der Waals surface area contributed by atoms with Gasteiger partial charge in [0.05, 0.1) is 32.8 Å². The molecule has 0 aromatic heterocycles. The fourth-order valence-corrected chi connectivity index (χ4v) is 4.06. The smallest absolute Gasteiger partial charge is 0.264 e. The van der Waals surface area contributed by atoms with Gasteiger partial charge in [-0.3, -0.25) is 9.10 Å². The van der Waals surface area contributed by atoms with Crippen molar-refractivity contribution in [2.75, 3.05) is 16.7 Å². The Morgan fingerprint density at radius 3 is 2.45 bits per heavy atom. The highest BCUT2D eigenvalue weighted by Gasteiger charge is 2.23. The number of halogens is 1. The van der Waals surface area contributed by atoms with Gasteiger partial charge in [-0.05, 0) is 48.5 Å². The van der Waals surface area contributed by atoms with Crippen LogP contribution >= 0.6 is 11.6 Å². The number of carbonyl (C=O) groups excluding carboxylic acids is 1. The fraction of sp³-hybridized carbons (Fsp3) is 0.0476. The molecule has 146 valence electrons. The predicted molar refractivity (Wildman–Crippen MR) is 113 cm³/mol. The molecule has 0 radical (unpaired) electrons. The summed E-state index contributed by atoms with van der Waals surface area (Å²) in [6, 6.07) is 20.9. The van der Waals surface area contributed by atoms with E-state index in [1.165, 1.54) is 31.3 Å². The highest BCUT2D eigenvalue weighted by atomic mass is 35.5. The molecule has 0 heterocycles. The zero-order valence-corrected chi connectivity index (χ0v) is 16.9. The van der Waals surface area contributed by atoms with Crippen LogP contribution in [0.25, 0.3) is 0 Å². The molecule has 0 aliphatic heterocycles. The topological polar surface area (TPSA) is 90.3 Å². The number of sulfonamides is 1. The van der Waals surface area contributed by atoms with Crippen LogP contribution in [-0.2, 0) is 10.0 Å². The van der Waals surface area contributed by atoms with Gasteiger partial charge in [-0.2, -0.15) is 5.26 Å². The van der Waals surface area contributed by atoms with Crippen molar-refractivity contribution in [3.63, 3.8) is 0 Å². The molecule has 0 unspecified atom stereocenters. The summed E-state index contributed by atoms with van der Waals surface area (Å²) in [7, 11) is -2.46. The maximum absolute atomic E-state index is 13.0. The largest absolute Gasteiger partial charge is 0.322 e. The van der Waals surface area contributed by atoms with Crippen LogP contribution in [-0.4, -0.2) is 21.4 Å². The van der Waals surface area contributed by atoms with Crippen LogP contribution in [0.1, 0.15) is 15.9 Å². The van der Waals surface area contributed by atoms with E-state index in [1.54, 1.807) is 48.5 Å². The van der Waals surface area contributed by atoms with E-state index in [0.717, 1.165) is 4.31 Å². The van der Waals surface area contributed by atoms with E-state index in [0.29, 0.717) is 16.9 Å². The third-order valence-corrected chi connectivity index (χ3v) is 6.32. The minimum atomic E-state index is -3.90. The summed E-state index contributed by atoms with van der Waals surface area (Å²) >= 11 is 6.14. The first-order valence-electron chi connectivity index (χ1n) is 8.48. The summed E-state index contributed by atoms with van der Waals surface area (Å²) in [5.74, 6) is -0.579. The summed E-state index contributed by atoms with van der Waals surface area (Å²) in [6.07, 6.45) is 0. The molecule has 3 rings (SSSR count). The van der Waals surface area contributed by atoms with Gasteiger partial charge >= 0.3 is 0 Å². The van der Waals surface area contributed by atoms with Gasteiger partial charge in [-0.1, -0.05) is 35.9 Å². The van der Waals surface area contributed by atoms with Crippen molar-refractivity contribution in [3.8, 4) is 6.07 Å². The SMILES string of the molecule is CN(c1ccccc1)S(=O)(=O)c1ccc(Cl)c(C(=O)Nc2cccc(C#N)c2)c1. The van der Waals surface area contributed by atoms with Gasteiger partial charge in [0.1, 0.15) is 0 Å². The Morgan fingerprint density at radius 2 is 1.76 bits per heavy atom. The van der Waals surface area contributed by atoms with Crippen LogP contribution in [0, 0.1) is 11.3 Å². The van der Waals surface area contributed by atoms with Crippen molar-refractivity contribution in [2.45, 2.75) is 4.90 Å². The van der Waals surface area contributed by atoms with E-state index >= 15 is 0 Å². The first-order valence-corrected chi connectivity index (χ1v) is 10.3. The second-order valence-electron chi connectivity index (χ2n) is 6.10. The summed E-state index contributed by atoms with van der Waals surface area (Å²) in [5.41, 5.74) is 1.29. The van der Waals surface area contributed by atoms with Gasteiger partial charge in [-0.25, -0.2) is 8.42 Å². The van der Waals surface area contributed by atoms with Gasteiger partial charge in [-0.15, -0.1) is 0 Å². The standard InChI is InChI=1S/C21H16ClN3O3S/c1-25(17-8-3-2-4-9-17)29(27,28)18-10-11-20(22)19(13-18)21(26)24-16-7-5-6-15(12-16)14-23/h2-13H,1H3,(H,24,26). The van der Waals surface area contributed by atoms with E-state index in [2.05, 4.69) is 5.32 Å². The summed E-state index contributed by atoms with van der Waals surface area (Å²) < 4.78 is 27.1. The molecule has 29 heavy (non-hydrogen) atoms. The first-order chi connectivity index (χ1) is 13.8. The van der Waals surface area contributed by atoms with Gasteiger partial charge in [0.25, 0.3) is 15.9 Å². The lowest BCUT2D eigenvalue weighted by molar-refractivity contribution is 0.102. The Morgan fingerprint density at radius 1 is 1.03 bits per heavy atom. The van der Waals surface area contributed by atoms with E-state index < -0.39 is 15.9 Å². The Kier molecular flexibility index (Phi) is 5.87. The van der Waals surface area contributed by atoms with E-state index in [9.17, 15) is 13.2 Å². The molecule has 8 heteroatoms. The van der Waals surface area contributed by atoms with Crippen LogP contribution in [0.5, 0.6) is 0 Å². The number of rotatable bonds is 5. The van der Waals surface area contributed by atoms with Crippen LogP contribution in [0.4, 0.5) is 11.4 Å². The third-order valence-electron chi connectivity index (χ3n) is 4.21. The highest BCUT2D eigenvalue weighted by molar-refractivity contribution is 7.92. The lowest BCUT2D eigenvalue weighted by Gasteiger charge is -2.20. The zero-order valence-electron chi connectivity index (χ0n) is 15.3. The van der Waals surface area contributed by atoms with Gasteiger partial charge in [0.2, 0.25) is 0 Å². The number of hydrogen-bond donors (Lipinski definition) is 1. The Balaban J connectivity index is 1.93. The maximum atomic E-state index is 13.0. The average Bonchev–Trinajstić information content (AvgIpc) is 2.74. The van der Waals surface area contributed by atoms with Crippen LogP contribution in [0.15, 0.2) is 77.7 Å². The normalized spacial score (nSPS) is 10.8. The highest BCUT2D eigenvalue weighted by Crippen LogP contribution is 2.26. The molecular formula is C21H16ClN3O3S. The zero-order chi connectivity index (χ0) is 21.0. The predicted octanol–water partition coefficient (Wildman–Crippen LogP) is 4.29. The van der Waals surface area contributed by atoms with Gasteiger partial charge in [0, 0.05) is 12.7 Å². The molecule has 0 bridgehead atoms. The van der Waals surface area contributed by atoms with Gasteiger partial charge in [0.15, 0.2) is 0 Å². The van der Waals surface area contributed by atoms with E-state index in [-0.39, 0.29) is 15.5 Å². The average molecular weight is 426 g/mol. The molecule has 0 atom stereocenters. The Labute approximate surface area is 174 Å². The summed E-state index contributed by atoms with van der Waals surface area (Å²) in [5, 5.41) is 11.7. The monoisotopic (exact) mass is 425 g/mol. The molecule has 1 N–H and O–H groups in total. The minimum absolute atomic E-state index is 0.0107. The molecule has 3 aromatic carbocycles. The summed E-state index contributed by atoms with van der Waals surface area (Å²) in [4.78, 5) is 12.6. The number of hydrogen-bond acceptors (Lipinski definition) is 4. The van der Waals surface area contributed by atoms with Crippen LogP contribution in [0.3, 0.4) is 0 Å². The molecule has 6 nitrogen and oxygen atoms in total. The number of amides is 1. The van der Waals surface area contributed by atoms with Crippen molar-refractivity contribution < 1.29 is 13.2 Å². The maximum Gasteiger partial charge on any atom is 0.264 e. The van der Waals surface area contributed by atoms with Crippen LogP contribution in [0.2, 0.25) is 5.02 Å². The number of para-hydroxylation sites is 1. The molecule has 0 fully saturated rings. The fourth-order valence-electron chi connectivity index (χ4n) is 2.64. The second-order valence-corrected chi connectivity index (χ2v) is 8.47. The number of nitrogens with zero attached hydrogens (tertiary/aromatic N) is 2. The molecule has 0 spiro atoms. The van der Waals surface area contributed by atoms with Gasteiger partial charge < -0.3 is 5.32 Å². The Bertz CT molecular complexity index is 1210. The second kappa shape index (κ2) is 8.35. The molecular weight excluding hydrogens is 410 g/mol. The minimum Gasteiger partial charge on any atom is -0.322 e. The Hall–Kier alpha value is -3.34. The number of nitriles is 1. The number of nitrogens with one attached hydrogen (secondary N) is 1. The van der Waals surface area contributed by atoms with E-state index in [4.69, 9.17) is 16.9 Å². The molecule has 1 amide bonds. The van der Waals surface area contributed by atoms with Crippen LogP contribution < -0.4 is 9.62 Å². The molecule has 0 saturated carbocycles. The van der Waals surface area contributed by atoms with Crippen molar-refractivity contribution in [2.24, 2.45) is 0 Å². The first kappa shape index (κ1) is 20.4. The quantitative estimate of drug-likeness (QED) is 0.660. The lowest BCUT2D eigenvalue weighted by Crippen LogP contribution is -2.27. The van der Waals surface area contributed by atoms with Crippen molar-refractivity contribution in [3.05, 3.63) is 88.9 Å². The van der Waals surface area contributed by atoms with Crippen molar-refractivity contribution >= 4 is 38.9 Å². The van der Waals surface area contributed by atoms with E-state index in [1.807, 2.05) is 6.07 Å². The molecule has 0 saturated heterocycles. The third kappa shape index (κ3) is 4.40. The van der Waals surface area contributed by atoms with Crippen molar-refractivity contribution in [1.29, 1.82) is 5.26 Å². The molecule has 0 aliphatic carbocycles.